The standard InChI is InChI=1S/C8H10FNO3S/c1-10(13-2)14(11,12)8-5-3-7(9)4-6-8/h3-6H,1-2H3. The Balaban J connectivity index is 3.11. The number of hydroxylamine groups is 1. The summed E-state index contributed by atoms with van der Waals surface area (Å²) < 4.78 is 36.3. The van der Waals surface area contributed by atoms with Crippen LogP contribution in [0.15, 0.2) is 29.2 Å². The zero-order chi connectivity index (χ0) is 10.8. The van der Waals surface area contributed by atoms with E-state index in [4.69, 9.17) is 0 Å². The summed E-state index contributed by atoms with van der Waals surface area (Å²) in [4.78, 5) is 4.54. The third kappa shape index (κ3) is 2.09. The summed E-state index contributed by atoms with van der Waals surface area (Å²) in [5, 5.41) is 0. The molecule has 4 nitrogen and oxygen atoms in total. The number of nitrogens with zero attached hydrogens (tertiary/aromatic N) is 1. The molecule has 0 heterocycles. The van der Waals surface area contributed by atoms with Crippen LogP contribution in [0.4, 0.5) is 4.39 Å². The molecule has 78 valence electrons. The molecule has 14 heavy (non-hydrogen) atoms. The molecule has 0 saturated heterocycles. The molecule has 0 aliphatic rings. The molecular weight excluding hydrogens is 209 g/mol. The lowest BCUT2D eigenvalue weighted by molar-refractivity contribution is -0.0258. The van der Waals surface area contributed by atoms with Gasteiger partial charge >= 0.3 is 0 Å². The summed E-state index contributed by atoms with van der Waals surface area (Å²) in [5.74, 6) is -0.482. The highest BCUT2D eigenvalue weighted by molar-refractivity contribution is 7.89. The first-order valence-electron chi connectivity index (χ1n) is 3.77. The molecule has 0 bridgehead atoms. The fourth-order valence-electron chi connectivity index (χ4n) is 0.853. The maximum Gasteiger partial charge on any atom is 0.264 e. The molecule has 1 aromatic carbocycles. The van der Waals surface area contributed by atoms with Crippen molar-refractivity contribution in [2.75, 3.05) is 14.2 Å². The van der Waals surface area contributed by atoms with Crippen molar-refractivity contribution < 1.29 is 17.6 Å². The Hall–Kier alpha value is -0.980. The van der Waals surface area contributed by atoms with Crippen molar-refractivity contribution in [3.05, 3.63) is 30.1 Å². The SMILES string of the molecule is CON(C)S(=O)(=O)c1ccc(F)cc1. The van der Waals surface area contributed by atoms with Gasteiger partial charge in [0, 0.05) is 7.05 Å². The molecule has 0 aliphatic heterocycles. The third-order valence-corrected chi connectivity index (χ3v) is 3.40. The summed E-state index contributed by atoms with van der Waals surface area (Å²) in [5.41, 5.74) is 0. The lowest BCUT2D eigenvalue weighted by Gasteiger charge is -2.13. The van der Waals surface area contributed by atoms with E-state index in [0.717, 1.165) is 12.1 Å². The lowest BCUT2D eigenvalue weighted by atomic mass is 10.4. The van der Waals surface area contributed by atoms with E-state index < -0.39 is 15.8 Å². The molecule has 0 atom stereocenters. The van der Waals surface area contributed by atoms with Crippen molar-refractivity contribution >= 4 is 10.0 Å². The van der Waals surface area contributed by atoms with E-state index in [0.29, 0.717) is 4.47 Å². The van der Waals surface area contributed by atoms with Gasteiger partial charge in [-0.15, -0.1) is 0 Å². The molecule has 0 aromatic heterocycles. The van der Waals surface area contributed by atoms with Gasteiger partial charge in [0.25, 0.3) is 10.0 Å². The highest BCUT2D eigenvalue weighted by Gasteiger charge is 2.20. The Kier molecular flexibility index (Phi) is 3.20. The van der Waals surface area contributed by atoms with Crippen molar-refractivity contribution in [1.82, 2.24) is 4.47 Å². The van der Waals surface area contributed by atoms with Crippen LogP contribution in [0.1, 0.15) is 0 Å². The molecule has 0 radical (unpaired) electrons. The summed E-state index contributed by atoms with van der Waals surface area (Å²) in [6.07, 6.45) is 0. The van der Waals surface area contributed by atoms with E-state index in [1.54, 1.807) is 0 Å². The largest absolute Gasteiger partial charge is 0.288 e. The summed E-state index contributed by atoms with van der Waals surface area (Å²) in [7, 11) is -1.16. The fourth-order valence-corrected chi connectivity index (χ4v) is 1.83. The van der Waals surface area contributed by atoms with Crippen molar-refractivity contribution in [2.24, 2.45) is 0 Å². The highest BCUT2D eigenvalue weighted by Crippen LogP contribution is 2.14. The fraction of sp³-hybridized carbons (Fsp3) is 0.250. The van der Waals surface area contributed by atoms with Crippen molar-refractivity contribution in [3.63, 3.8) is 0 Å². The van der Waals surface area contributed by atoms with E-state index in [9.17, 15) is 12.8 Å². The Morgan fingerprint density at radius 3 is 2.21 bits per heavy atom. The van der Waals surface area contributed by atoms with Crippen LogP contribution in [0.5, 0.6) is 0 Å². The van der Waals surface area contributed by atoms with Crippen LogP contribution in [-0.4, -0.2) is 27.0 Å². The van der Waals surface area contributed by atoms with Gasteiger partial charge in [-0.1, -0.05) is 4.47 Å². The zero-order valence-electron chi connectivity index (χ0n) is 7.77. The average molecular weight is 219 g/mol. The number of sulfonamides is 1. The smallest absolute Gasteiger partial charge is 0.264 e. The molecule has 1 aromatic rings. The Morgan fingerprint density at radius 2 is 1.79 bits per heavy atom. The van der Waals surface area contributed by atoms with Gasteiger partial charge in [0.1, 0.15) is 5.82 Å². The first-order valence-corrected chi connectivity index (χ1v) is 5.21. The molecule has 1 rings (SSSR count). The van der Waals surface area contributed by atoms with Gasteiger partial charge in [-0.2, -0.15) is 0 Å². The van der Waals surface area contributed by atoms with Crippen molar-refractivity contribution in [1.29, 1.82) is 0 Å². The number of hydrogen-bond donors (Lipinski definition) is 0. The van der Waals surface area contributed by atoms with Crippen LogP contribution in [0.25, 0.3) is 0 Å². The molecule has 0 N–H and O–H groups in total. The monoisotopic (exact) mass is 219 g/mol. The molecule has 0 amide bonds. The summed E-state index contributed by atoms with van der Waals surface area (Å²) in [6, 6.07) is 4.52. The summed E-state index contributed by atoms with van der Waals surface area (Å²) in [6.45, 7) is 0. The Labute approximate surface area is 81.9 Å². The van der Waals surface area contributed by atoms with Crippen LogP contribution in [0.2, 0.25) is 0 Å². The average Bonchev–Trinajstić information content (AvgIpc) is 2.17. The highest BCUT2D eigenvalue weighted by atomic mass is 32.2. The molecule has 0 spiro atoms. The molecular formula is C8H10FNO3S. The zero-order valence-corrected chi connectivity index (χ0v) is 8.58. The van der Waals surface area contributed by atoms with E-state index in [1.165, 1.54) is 26.3 Å². The Bertz CT molecular complexity index is 401. The minimum Gasteiger partial charge on any atom is -0.288 e. The van der Waals surface area contributed by atoms with Crippen molar-refractivity contribution in [2.45, 2.75) is 4.90 Å². The molecule has 0 saturated carbocycles. The predicted molar refractivity (Wildman–Crippen MR) is 48.4 cm³/mol. The molecule has 0 fully saturated rings. The minimum atomic E-state index is -3.66. The van der Waals surface area contributed by atoms with E-state index in [-0.39, 0.29) is 4.90 Å². The third-order valence-electron chi connectivity index (χ3n) is 1.71. The van der Waals surface area contributed by atoms with E-state index >= 15 is 0 Å². The lowest BCUT2D eigenvalue weighted by Crippen LogP contribution is -2.25. The second-order valence-electron chi connectivity index (χ2n) is 2.55. The van der Waals surface area contributed by atoms with Crippen molar-refractivity contribution in [3.8, 4) is 0 Å². The normalized spacial score (nSPS) is 12.0. The van der Waals surface area contributed by atoms with Crippen LogP contribution < -0.4 is 0 Å². The van der Waals surface area contributed by atoms with Gasteiger partial charge < -0.3 is 0 Å². The first kappa shape index (κ1) is 11.1. The molecule has 0 unspecified atom stereocenters. The number of hydrogen-bond acceptors (Lipinski definition) is 3. The minimum absolute atomic E-state index is 0.0109. The van der Waals surface area contributed by atoms with Gasteiger partial charge in [0.05, 0.1) is 12.0 Å². The van der Waals surface area contributed by atoms with Gasteiger partial charge in [-0.3, -0.25) is 4.84 Å². The summed E-state index contributed by atoms with van der Waals surface area (Å²) >= 11 is 0. The first-order chi connectivity index (χ1) is 6.48. The topological polar surface area (TPSA) is 46.6 Å². The molecule has 6 heteroatoms. The molecule has 0 aliphatic carbocycles. The van der Waals surface area contributed by atoms with Gasteiger partial charge in [-0.05, 0) is 24.3 Å². The van der Waals surface area contributed by atoms with Gasteiger partial charge in [-0.25, -0.2) is 12.8 Å². The van der Waals surface area contributed by atoms with Crippen LogP contribution in [0.3, 0.4) is 0 Å². The Morgan fingerprint density at radius 1 is 1.29 bits per heavy atom. The second kappa shape index (κ2) is 4.04. The van der Waals surface area contributed by atoms with E-state index in [1.807, 2.05) is 0 Å². The second-order valence-corrected chi connectivity index (χ2v) is 4.49. The van der Waals surface area contributed by atoms with Gasteiger partial charge in [0.2, 0.25) is 0 Å². The van der Waals surface area contributed by atoms with Crippen LogP contribution in [0, 0.1) is 5.82 Å². The number of halogens is 1. The van der Waals surface area contributed by atoms with Crippen LogP contribution >= 0.6 is 0 Å². The number of rotatable bonds is 3. The predicted octanol–water partition coefficient (Wildman–Crippen LogP) is 1.01. The maximum absolute atomic E-state index is 12.5. The maximum atomic E-state index is 12.5. The number of benzene rings is 1. The van der Waals surface area contributed by atoms with Crippen LogP contribution in [-0.2, 0) is 14.9 Å². The van der Waals surface area contributed by atoms with Gasteiger partial charge in [0.15, 0.2) is 0 Å². The quantitative estimate of drug-likeness (QED) is 0.713. The van der Waals surface area contributed by atoms with E-state index in [2.05, 4.69) is 4.84 Å².